The van der Waals surface area contributed by atoms with Gasteiger partial charge >= 0.3 is 0 Å². The molecule has 0 fully saturated rings. The molecule has 0 aliphatic heterocycles. The standard InChI is InChI=1S/C14H14F2N2/c1-8(17)7-18-3-2-9-4-10-5-12(15)13(16)6-11(10)14(9)18/h2-3,5-6,8H,4,7,17H2,1H3/t8-/m0/s1. The summed E-state index contributed by atoms with van der Waals surface area (Å²) >= 11 is 0. The molecule has 1 aliphatic carbocycles. The Morgan fingerprint density at radius 2 is 2.00 bits per heavy atom. The molecule has 1 aliphatic rings. The lowest BCUT2D eigenvalue weighted by atomic mass is 10.1. The SMILES string of the molecule is C[C@H](N)Cn1ccc2c1-c1cc(F)c(F)cc1C2. The van der Waals surface area contributed by atoms with Gasteiger partial charge in [0.1, 0.15) is 0 Å². The Labute approximate surface area is 104 Å². The Balaban J connectivity index is 2.13. The van der Waals surface area contributed by atoms with E-state index in [-0.39, 0.29) is 6.04 Å². The number of hydrogen-bond donors (Lipinski definition) is 1. The van der Waals surface area contributed by atoms with Crippen LogP contribution in [0.5, 0.6) is 0 Å². The molecule has 2 aromatic rings. The first-order valence-electron chi connectivity index (χ1n) is 5.98. The Hall–Kier alpha value is -1.68. The molecule has 94 valence electrons. The molecule has 2 nitrogen and oxygen atoms in total. The van der Waals surface area contributed by atoms with Crippen molar-refractivity contribution in [1.29, 1.82) is 0 Å². The maximum absolute atomic E-state index is 13.4. The van der Waals surface area contributed by atoms with Crippen LogP contribution < -0.4 is 5.73 Å². The van der Waals surface area contributed by atoms with E-state index >= 15 is 0 Å². The summed E-state index contributed by atoms with van der Waals surface area (Å²) in [6.07, 6.45) is 2.62. The third kappa shape index (κ3) is 1.64. The molecule has 0 saturated heterocycles. The third-order valence-corrected chi connectivity index (χ3v) is 3.31. The average Bonchev–Trinajstić information content (AvgIpc) is 2.80. The second kappa shape index (κ2) is 3.92. The van der Waals surface area contributed by atoms with Gasteiger partial charge in [0.25, 0.3) is 0 Å². The summed E-state index contributed by atoms with van der Waals surface area (Å²) in [6, 6.07) is 4.60. The fourth-order valence-electron chi connectivity index (χ4n) is 2.61. The van der Waals surface area contributed by atoms with E-state index in [0.717, 1.165) is 22.4 Å². The van der Waals surface area contributed by atoms with Gasteiger partial charge in [-0.05, 0) is 36.2 Å². The Kier molecular flexibility index (Phi) is 2.48. The number of rotatable bonds is 2. The van der Waals surface area contributed by atoms with Crippen molar-refractivity contribution in [3.8, 4) is 11.3 Å². The van der Waals surface area contributed by atoms with Gasteiger partial charge in [-0.15, -0.1) is 0 Å². The molecule has 0 saturated carbocycles. The van der Waals surface area contributed by atoms with E-state index in [1.54, 1.807) is 0 Å². The molecule has 0 amide bonds. The van der Waals surface area contributed by atoms with E-state index in [2.05, 4.69) is 0 Å². The minimum atomic E-state index is -0.796. The van der Waals surface area contributed by atoms with Crippen LogP contribution in [-0.2, 0) is 13.0 Å². The molecule has 1 aromatic carbocycles. The number of fused-ring (bicyclic) bond motifs is 3. The van der Waals surface area contributed by atoms with E-state index in [1.807, 2.05) is 23.8 Å². The number of nitrogens with zero attached hydrogens (tertiary/aromatic N) is 1. The van der Waals surface area contributed by atoms with Gasteiger partial charge in [0.15, 0.2) is 11.6 Å². The molecule has 18 heavy (non-hydrogen) atoms. The quantitative estimate of drug-likeness (QED) is 0.742. The largest absolute Gasteiger partial charge is 0.346 e. The fourth-order valence-corrected chi connectivity index (χ4v) is 2.61. The minimum Gasteiger partial charge on any atom is -0.346 e. The molecule has 2 N–H and O–H groups in total. The van der Waals surface area contributed by atoms with Crippen molar-refractivity contribution in [2.45, 2.75) is 25.9 Å². The molecule has 3 rings (SSSR count). The topological polar surface area (TPSA) is 30.9 Å². The van der Waals surface area contributed by atoms with Gasteiger partial charge in [-0.1, -0.05) is 0 Å². The number of halogens is 2. The van der Waals surface area contributed by atoms with Gasteiger partial charge in [0, 0.05) is 30.8 Å². The number of aromatic nitrogens is 1. The molecule has 4 heteroatoms. The monoisotopic (exact) mass is 248 g/mol. The van der Waals surface area contributed by atoms with Crippen molar-refractivity contribution in [2.24, 2.45) is 5.73 Å². The van der Waals surface area contributed by atoms with Crippen molar-refractivity contribution in [1.82, 2.24) is 4.57 Å². The Morgan fingerprint density at radius 3 is 2.72 bits per heavy atom. The van der Waals surface area contributed by atoms with Crippen LogP contribution >= 0.6 is 0 Å². The zero-order valence-electron chi connectivity index (χ0n) is 10.1. The third-order valence-electron chi connectivity index (χ3n) is 3.31. The maximum atomic E-state index is 13.4. The first kappa shape index (κ1) is 11.4. The van der Waals surface area contributed by atoms with Gasteiger partial charge in [-0.25, -0.2) is 8.78 Å². The van der Waals surface area contributed by atoms with Gasteiger partial charge in [-0.2, -0.15) is 0 Å². The summed E-state index contributed by atoms with van der Waals surface area (Å²) in [5.74, 6) is -1.58. The number of nitrogens with two attached hydrogens (primary N) is 1. The second-order valence-corrected chi connectivity index (χ2v) is 4.92. The molecule has 0 bridgehead atoms. The molecule has 0 spiro atoms. The van der Waals surface area contributed by atoms with Crippen LogP contribution in [0.2, 0.25) is 0 Å². The minimum absolute atomic E-state index is 0.0239. The van der Waals surface area contributed by atoms with Crippen LogP contribution in [0.1, 0.15) is 18.1 Å². The Bertz CT molecular complexity index is 614. The van der Waals surface area contributed by atoms with Crippen molar-refractivity contribution < 1.29 is 8.78 Å². The van der Waals surface area contributed by atoms with Crippen molar-refractivity contribution in [2.75, 3.05) is 0 Å². The van der Waals surface area contributed by atoms with Gasteiger partial charge in [-0.3, -0.25) is 0 Å². The summed E-state index contributed by atoms with van der Waals surface area (Å²) in [5, 5.41) is 0. The van der Waals surface area contributed by atoms with E-state index in [4.69, 9.17) is 5.73 Å². The number of benzene rings is 1. The molecule has 0 unspecified atom stereocenters. The smallest absolute Gasteiger partial charge is 0.159 e. The fraction of sp³-hybridized carbons (Fsp3) is 0.286. The van der Waals surface area contributed by atoms with Crippen molar-refractivity contribution >= 4 is 0 Å². The maximum Gasteiger partial charge on any atom is 0.159 e. The lowest BCUT2D eigenvalue weighted by Gasteiger charge is -2.11. The summed E-state index contributed by atoms with van der Waals surface area (Å²) in [4.78, 5) is 0. The summed E-state index contributed by atoms with van der Waals surface area (Å²) in [6.45, 7) is 2.60. The molecule has 1 heterocycles. The summed E-state index contributed by atoms with van der Waals surface area (Å²) in [5.41, 5.74) is 9.51. The van der Waals surface area contributed by atoms with Gasteiger partial charge in [0.2, 0.25) is 0 Å². The first-order chi connectivity index (χ1) is 8.56. The lowest BCUT2D eigenvalue weighted by molar-refractivity contribution is 0.508. The molecule has 0 radical (unpaired) electrons. The summed E-state index contributed by atoms with van der Waals surface area (Å²) in [7, 11) is 0. The average molecular weight is 248 g/mol. The highest BCUT2D eigenvalue weighted by Gasteiger charge is 2.24. The van der Waals surface area contributed by atoms with Gasteiger partial charge in [0.05, 0.1) is 5.69 Å². The van der Waals surface area contributed by atoms with Crippen LogP contribution in [0.4, 0.5) is 8.78 Å². The number of hydrogen-bond acceptors (Lipinski definition) is 1. The second-order valence-electron chi connectivity index (χ2n) is 4.92. The molecular formula is C14H14F2N2. The Morgan fingerprint density at radius 1 is 1.28 bits per heavy atom. The molecule has 1 atom stereocenters. The zero-order chi connectivity index (χ0) is 12.9. The van der Waals surface area contributed by atoms with Crippen LogP contribution in [0.25, 0.3) is 11.3 Å². The van der Waals surface area contributed by atoms with Crippen LogP contribution in [-0.4, -0.2) is 10.6 Å². The van der Waals surface area contributed by atoms with Crippen LogP contribution in [0.15, 0.2) is 24.4 Å². The van der Waals surface area contributed by atoms with E-state index in [0.29, 0.717) is 13.0 Å². The van der Waals surface area contributed by atoms with Crippen LogP contribution in [0, 0.1) is 11.6 Å². The highest BCUT2D eigenvalue weighted by Crippen LogP contribution is 2.38. The highest BCUT2D eigenvalue weighted by atomic mass is 19.2. The predicted molar refractivity (Wildman–Crippen MR) is 66.2 cm³/mol. The van der Waals surface area contributed by atoms with E-state index < -0.39 is 11.6 Å². The van der Waals surface area contributed by atoms with E-state index in [1.165, 1.54) is 12.1 Å². The summed E-state index contributed by atoms with van der Waals surface area (Å²) < 4.78 is 28.6. The first-order valence-corrected chi connectivity index (χ1v) is 5.98. The zero-order valence-corrected chi connectivity index (χ0v) is 10.1. The van der Waals surface area contributed by atoms with Crippen molar-refractivity contribution in [3.05, 3.63) is 47.2 Å². The highest BCUT2D eigenvalue weighted by molar-refractivity contribution is 5.74. The van der Waals surface area contributed by atoms with Crippen molar-refractivity contribution in [3.63, 3.8) is 0 Å². The lowest BCUT2D eigenvalue weighted by Crippen LogP contribution is -2.22. The molecule has 1 aromatic heterocycles. The van der Waals surface area contributed by atoms with Gasteiger partial charge < -0.3 is 10.3 Å². The van der Waals surface area contributed by atoms with Crippen LogP contribution in [0.3, 0.4) is 0 Å². The molecular weight excluding hydrogens is 234 g/mol. The predicted octanol–water partition coefficient (Wildman–Crippen LogP) is 2.68. The normalized spacial score (nSPS) is 14.4. The van der Waals surface area contributed by atoms with E-state index in [9.17, 15) is 8.78 Å².